The summed E-state index contributed by atoms with van der Waals surface area (Å²) in [5.41, 5.74) is 1.18. The minimum atomic E-state index is -0.824. The predicted octanol–water partition coefficient (Wildman–Crippen LogP) is 1.48. The average Bonchev–Trinajstić information content (AvgIpc) is 3.51. The first kappa shape index (κ1) is 22.6. The fraction of sp³-hybridized carbons (Fsp3) is 0.308. The van der Waals surface area contributed by atoms with E-state index >= 15 is 0 Å². The standard InChI is InChI=1S/C26H24FN5O4/c27-17-12-28-32-19(26(36)31-23-16-8-4-2-6-14(16)10-21(23)34)11-18(29-24(17)32)25(35)30-22-15-7-3-1-5-13(15)9-20(22)33/h1-8,11-13,15,20-23,33-34H,9-10H2,(H,30,35)(H,31,36)/t13?,15?,20-,21-,22+,23+/m1/s1. The van der Waals surface area contributed by atoms with Gasteiger partial charge in [-0.1, -0.05) is 48.6 Å². The first-order valence-electron chi connectivity index (χ1n) is 11.9. The van der Waals surface area contributed by atoms with Gasteiger partial charge in [0, 0.05) is 18.4 Å². The predicted molar refractivity (Wildman–Crippen MR) is 126 cm³/mol. The molecule has 1 saturated carbocycles. The van der Waals surface area contributed by atoms with E-state index in [1.165, 1.54) is 6.07 Å². The van der Waals surface area contributed by atoms with Crippen molar-refractivity contribution < 1.29 is 24.2 Å². The van der Waals surface area contributed by atoms with Crippen molar-refractivity contribution in [3.8, 4) is 0 Å². The number of carbonyl (C=O) groups excluding carboxylic acids is 2. The highest BCUT2D eigenvalue weighted by atomic mass is 19.1. The van der Waals surface area contributed by atoms with Gasteiger partial charge in [-0.2, -0.15) is 5.10 Å². The van der Waals surface area contributed by atoms with Crippen molar-refractivity contribution in [2.75, 3.05) is 0 Å². The van der Waals surface area contributed by atoms with Gasteiger partial charge in [0.05, 0.1) is 30.5 Å². The van der Waals surface area contributed by atoms with Gasteiger partial charge in [0.2, 0.25) is 0 Å². The lowest BCUT2D eigenvalue weighted by atomic mass is 9.90. The molecule has 6 atom stereocenters. The van der Waals surface area contributed by atoms with Crippen LogP contribution < -0.4 is 10.6 Å². The Morgan fingerprint density at radius 1 is 1.06 bits per heavy atom. The minimum absolute atomic E-state index is 0.0731. The highest BCUT2D eigenvalue weighted by Gasteiger charge is 2.42. The fourth-order valence-corrected chi connectivity index (χ4v) is 5.57. The average molecular weight is 490 g/mol. The number of hydrogen-bond acceptors (Lipinski definition) is 6. The molecule has 9 nitrogen and oxygen atoms in total. The molecule has 2 amide bonds. The van der Waals surface area contributed by atoms with Crippen molar-refractivity contribution in [1.29, 1.82) is 0 Å². The smallest absolute Gasteiger partial charge is 0.270 e. The third-order valence-electron chi connectivity index (χ3n) is 7.32. The summed E-state index contributed by atoms with van der Waals surface area (Å²) in [6.45, 7) is 0. The summed E-state index contributed by atoms with van der Waals surface area (Å²) in [4.78, 5) is 30.6. The van der Waals surface area contributed by atoms with Gasteiger partial charge < -0.3 is 20.8 Å². The monoisotopic (exact) mass is 489 g/mol. The summed E-state index contributed by atoms with van der Waals surface area (Å²) in [6.07, 6.45) is 8.00. The lowest BCUT2D eigenvalue weighted by molar-refractivity contribution is 0.0847. The zero-order valence-electron chi connectivity index (χ0n) is 19.1. The van der Waals surface area contributed by atoms with E-state index in [1.807, 2.05) is 48.6 Å². The molecule has 0 aliphatic heterocycles. The number of halogens is 1. The fourth-order valence-electron chi connectivity index (χ4n) is 5.57. The summed E-state index contributed by atoms with van der Waals surface area (Å²) in [5.74, 6) is -2.02. The van der Waals surface area contributed by atoms with Crippen LogP contribution >= 0.6 is 0 Å². The molecule has 3 aromatic rings. The van der Waals surface area contributed by atoms with E-state index in [0.29, 0.717) is 12.8 Å². The van der Waals surface area contributed by atoms with Crippen LogP contribution in [-0.2, 0) is 6.42 Å². The number of aliphatic hydroxyl groups is 2. The highest BCUT2D eigenvalue weighted by Crippen LogP contribution is 2.36. The summed E-state index contributed by atoms with van der Waals surface area (Å²) >= 11 is 0. The molecule has 4 N–H and O–H groups in total. The molecular formula is C26H24FN5O4. The summed E-state index contributed by atoms with van der Waals surface area (Å²) in [6, 6.07) is 7.45. The molecule has 3 aliphatic carbocycles. The molecule has 2 unspecified atom stereocenters. The number of fused-ring (bicyclic) bond motifs is 3. The molecule has 1 aromatic carbocycles. The van der Waals surface area contributed by atoms with Gasteiger partial charge in [-0.05, 0) is 23.5 Å². The van der Waals surface area contributed by atoms with Gasteiger partial charge in [0.25, 0.3) is 11.8 Å². The Bertz CT molecular complexity index is 1430. The third-order valence-corrected chi connectivity index (χ3v) is 7.32. The van der Waals surface area contributed by atoms with Crippen LogP contribution in [0.15, 0.2) is 60.8 Å². The van der Waals surface area contributed by atoms with Crippen LogP contribution in [0.5, 0.6) is 0 Å². The van der Waals surface area contributed by atoms with Crippen LogP contribution in [0, 0.1) is 17.7 Å². The van der Waals surface area contributed by atoms with Gasteiger partial charge in [-0.15, -0.1) is 0 Å². The van der Waals surface area contributed by atoms with E-state index in [2.05, 4.69) is 20.7 Å². The maximum atomic E-state index is 14.5. The zero-order chi connectivity index (χ0) is 25.0. The zero-order valence-corrected chi connectivity index (χ0v) is 19.1. The number of hydrogen-bond donors (Lipinski definition) is 4. The summed E-state index contributed by atoms with van der Waals surface area (Å²) in [7, 11) is 0. The van der Waals surface area contributed by atoms with E-state index in [9.17, 15) is 24.2 Å². The summed E-state index contributed by atoms with van der Waals surface area (Å²) in [5, 5.41) is 30.6. The second kappa shape index (κ2) is 8.65. The lowest BCUT2D eigenvalue weighted by Gasteiger charge is -2.24. The quantitative estimate of drug-likeness (QED) is 0.440. The molecule has 0 bridgehead atoms. The van der Waals surface area contributed by atoms with Crippen LogP contribution in [0.4, 0.5) is 4.39 Å². The Hall–Kier alpha value is -3.89. The third kappa shape index (κ3) is 3.69. The van der Waals surface area contributed by atoms with Crippen LogP contribution in [0.25, 0.3) is 5.65 Å². The molecule has 36 heavy (non-hydrogen) atoms. The van der Waals surface area contributed by atoms with Crippen molar-refractivity contribution >= 4 is 17.5 Å². The van der Waals surface area contributed by atoms with Gasteiger partial charge in [0.1, 0.15) is 11.4 Å². The molecule has 0 saturated heterocycles. The molecule has 184 valence electrons. The number of rotatable bonds is 4. The molecule has 3 aliphatic rings. The van der Waals surface area contributed by atoms with Crippen molar-refractivity contribution in [3.05, 3.63) is 89.2 Å². The van der Waals surface area contributed by atoms with Gasteiger partial charge >= 0.3 is 0 Å². The number of carbonyl (C=O) groups is 2. The number of nitrogens with zero attached hydrogens (tertiary/aromatic N) is 3. The molecule has 1 fully saturated rings. The first-order valence-corrected chi connectivity index (χ1v) is 11.9. The molecule has 10 heteroatoms. The van der Waals surface area contributed by atoms with Crippen molar-refractivity contribution in [2.24, 2.45) is 11.8 Å². The molecule has 0 spiro atoms. The topological polar surface area (TPSA) is 129 Å². The number of nitrogens with one attached hydrogen (secondary N) is 2. The van der Waals surface area contributed by atoms with Crippen LogP contribution in [-0.4, -0.2) is 54.9 Å². The van der Waals surface area contributed by atoms with Gasteiger partial charge in [-0.25, -0.2) is 13.9 Å². The van der Waals surface area contributed by atoms with Gasteiger partial charge in [-0.3, -0.25) is 9.59 Å². The Labute approximate surface area is 205 Å². The van der Waals surface area contributed by atoms with Crippen LogP contribution in [0.1, 0.15) is 44.6 Å². The molecule has 2 heterocycles. The number of allylic oxidation sites excluding steroid dienone is 3. The number of aliphatic hydroxyl groups excluding tert-OH is 2. The van der Waals surface area contributed by atoms with E-state index < -0.39 is 41.9 Å². The molecule has 6 rings (SSSR count). The van der Waals surface area contributed by atoms with E-state index in [0.717, 1.165) is 21.8 Å². The lowest BCUT2D eigenvalue weighted by Crippen LogP contribution is -2.44. The van der Waals surface area contributed by atoms with E-state index in [1.54, 1.807) is 0 Å². The van der Waals surface area contributed by atoms with Gasteiger partial charge in [0.15, 0.2) is 11.5 Å². The van der Waals surface area contributed by atoms with Crippen molar-refractivity contribution in [2.45, 2.75) is 37.1 Å². The van der Waals surface area contributed by atoms with Crippen molar-refractivity contribution in [1.82, 2.24) is 25.2 Å². The van der Waals surface area contributed by atoms with E-state index in [-0.39, 0.29) is 28.9 Å². The Kier molecular flexibility index (Phi) is 5.42. The molecule has 2 aromatic heterocycles. The van der Waals surface area contributed by atoms with Crippen LogP contribution in [0.2, 0.25) is 0 Å². The number of aromatic nitrogens is 3. The second-order valence-corrected chi connectivity index (χ2v) is 9.49. The molecular weight excluding hydrogens is 465 g/mol. The number of benzene rings is 1. The highest BCUT2D eigenvalue weighted by molar-refractivity contribution is 5.98. The van der Waals surface area contributed by atoms with E-state index in [4.69, 9.17) is 0 Å². The molecule has 0 radical (unpaired) electrons. The normalized spacial score (nSPS) is 28.2. The first-order chi connectivity index (χ1) is 17.4. The summed E-state index contributed by atoms with van der Waals surface area (Å²) < 4.78 is 15.5. The second-order valence-electron chi connectivity index (χ2n) is 9.49. The van der Waals surface area contributed by atoms with Crippen molar-refractivity contribution in [3.63, 3.8) is 0 Å². The Morgan fingerprint density at radius 2 is 1.86 bits per heavy atom. The van der Waals surface area contributed by atoms with Crippen LogP contribution in [0.3, 0.4) is 0 Å². The Morgan fingerprint density at radius 3 is 2.72 bits per heavy atom. The minimum Gasteiger partial charge on any atom is -0.391 e. The largest absolute Gasteiger partial charge is 0.391 e. The Balaban J connectivity index is 1.30. The maximum Gasteiger partial charge on any atom is 0.270 e. The number of amides is 2. The SMILES string of the molecule is O=C(N[C@H]1C2C=CC=CC2C[C@H]1O)c1cc(C(=O)N[C@H]2c3ccccc3C[C@H]2O)n2ncc(F)c2n1. The maximum absolute atomic E-state index is 14.5.